The third-order valence-electron chi connectivity index (χ3n) is 3.30. The Morgan fingerprint density at radius 3 is 2.36 bits per heavy atom. The Morgan fingerprint density at radius 1 is 0.864 bits per heavy atom. The third kappa shape index (κ3) is 3.06. The molecular formula is C18H16N2O2. The van der Waals surface area contributed by atoms with Gasteiger partial charge in [-0.2, -0.15) is 5.11 Å². The average molecular weight is 292 g/mol. The van der Waals surface area contributed by atoms with Crippen LogP contribution in [0.1, 0.15) is 11.1 Å². The lowest BCUT2D eigenvalue weighted by Gasteiger charge is -1.96. The predicted molar refractivity (Wildman–Crippen MR) is 85.9 cm³/mol. The van der Waals surface area contributed by atoms with Crippen LogP contribution in [0.4, 0.5) is 11.4 Å². The highest BCUT2D eigenvalue weighted by atomic mass is 16.5. The van der Waals surface area contributed by atoms with Crippen molar-refractivity contribution in [2.45, 2.75) is 13.8 Å². The van der Waals surface area contributed by atoms with E-state index in [1.165, 1.54) is 5.56 Å². The van der Waals surface area contributed by atoms with Crippen LogP contribution in [-0.2, 0) is 0 Å². The number of furan rings is 1. The first-order valence-electron chi connectivity index (χ1n) is 7.00. The van der Waals surface area contributed by atoms with Crippen molar-refractivity contribution in [1.82, 2.24) is 0 Å². The molecule has 0 bridgehead atoms. The van der Waals surface area contributed by atoms with Crippen LogP contribution >= 0.6 is 0 Å². The molecule has 0 fully saturated rings. The zero-order valence-corrected chi connectivity index (χ0v) is 12.4. The minimum Gasteiger partial charge on any atom is -0.479 e. The van der Waals surface area contributed by atoms with Crippen molar-refractivity contribution in [2.75, 3.05) is 0 Å². The van der Waals surface area contributed by atoms with Gasteiger partial charge in [0.2, 0.25) is 0 Å². The first kappa shape index (κ1) is 14.1. The molecule has 0 aliphatic heterocycles. The zero-order valence-electron chi connectivity index (χ0n) is 12.4. The van der Waals surface area contributed by atoms with Crippen molar-refractivity contribution in [3.05, 3.63) is 65.7 Å². The first-order valence-corrected chi connectivity index (χ1v) is 7.00. The monoisotopic (exact) mass is 292 g/mol. The van der Waals surface area contributed by atoms with Crippen LogP contribution in [0.15, 0.2) is 69.2 Å². The average Bonchev–Trinajstić information content (AvgIpc) is 2.87. The minimum atomic E-state index is -0.230. The molecule has 0 saturated carbocycles. The van der Waals surface area contributed by atoms with Crippen molar-refractivity contribution in [2.24, 2.45) is 10.2 Å². The van der Waals surface area contributed by atoms with Gasteiger partial charge in [0.25, 0.3) is 0 Å². The summed E-state index contributed by atoms with van der Waals surface area (Å²) in [6.45, 7) is 4.01. The largest absolute Gasteiger partial charge is 0.479 e. The molecule has 4 nitrogen and oxygen atoms in total. The molecule has 0 aliphatic carbocycles. The van der Waals surface area contributed by atoms with Crippen LogP contribution in [0.5, 0.6) is 5.95 Å². The standard InChI is InChI=1S/C18H16N2O2/c1-12-6-8-14(9-7-12)17-11-16(18(21)22-17)20-19-15-5-3-4-13(2)10-15/h3-11,21H,1-2H3. The SMILES string of the molecule is Cc1ccc(-c2cc(N=Nc3cccc(C)c3)c(O)o2)cc1. The highest BCUT2D eigenvalue weighted by Crippen LogP contribution is 2.36. The Morgan fingerprint density at radius 2 is 1.64 bits per heavy atom. The molecule has 1 aromatic heterocycles. The van der Waals surface area contributed by atoms with Gasteiger partial charge < -0.3 is 9.52 Å². The summed E-state index contributed by atoms with van der Waals surface area (Å²) in [5.41, 5.74) is 4.21. The van der Waals surface area contributed by atoms with Gasteiger partial charge in [0.1, 0.15) is 5.76 Å². The van der Waals surface area contributed by atoms with Crippen LogP contribution in [-0.4, -0.2) is 5.11 Å². The Kier molecular flexibility index (Phi) is 3.74. The van der Waals surface area contributed by atoms with E-state index in [0.717, 1.165) is 16.8 Å². The molecule has 0 spiro atoms. The van der Waals surface area contributed by atoms with Gasteiger partial charge in [-0.1, -0.05) is 42.0 Å². The number of aromatic hydroxyl groups is 1. The van der Waals surface area contributed by atoms with Gasteiger partial charge in [-0.05, 0) is 31.5 Å². The molecule has 3 aromatic rings. The van der Waals surface area contributed by atoms with E-state index in [1.54, 1.807) is 6.07 Å². The second kappa shape index (κ2) is 5.85. The summed E-state index contributed by atoms with van der Waals surface area (Å²) in [6, 6.07) is 17.2. The molecule has 2 aromatic carbocycles. The lowest BCUT2D eigenvalue weighted by molar-refractivity contribution is 0.339. The van der Waals surface area contributed by atoms with Crippen molar-refractivity contribution in [1.29, 1.82) is 0 Å². The van der Waals surface area contributed by atoms with E-state index in [2.05, 4.69) is 10.2 Å². The molecule has 110 valence electrons. The van der Waals surface area contributed by atoms with E-state index in [9.17, 15) is 5.11 Å². The van der Waals surface area contributed by atoms with Gasteiger partial charge >= 0.3 is 5.95 Å². The molecule has 3 rings (SSSR count). The van der Waals surface area contributed by atoms with Gasteiger partial charge in [-0.25, -0.2) is 0 Å². The Bertz CT molecular complexity index is 817. The maximum Gasteiger partial charge on any atom is 0.311 e. The minimum absolute atomic E-state index is 0.230. The van der Waals surface area contributed by atoms with Gasteiger partial charge in [0.15, 0.2) is 5.69 Å². The van der Waals surface area contributed by atoms with Crippen molar-refractivity contribution < 1.29 is 9.52 Å². The zero-order chi connectivity index (χ0) is 15.5. The maximum absolute atomic E-state index is 9.86. The number of azo groups is 1. The van der Waals surface area contributed by atoms with Gasteiger partial charge in [-0.15, -0.1) is 5.11 Å². The van der Waals surface area contributed by atoms with E-state index in [1.807, 2.05) is 62.4 Å². The second-order valence-corrected chi connectivity index (χ2v) is 5.21. The molecule has 0 saturated heterocycles. The van der Waals surface area contributed by atoms with Crippen LogP contribution < -0.4 is 0 Å². The van der Waals surface area contributed by atoms with Crippen molar-refractivity contribution in [3.63, 3.8) is 0 Å². The number of nitrogens with zero attached hydrogens (tertiary/aromatic N) is 2. The van der Waals surface area contributed by atoms with Crippen LogP contribution in [0.25, 0.3) is 11.3 Å². The first-order chi connectivity index (χ1) is 10.6. The quantitative estimate of drug-likeness (QED) is 0.631. The summed E-state index contributed by atoms with van der Waals surface area (Å²) in [7, 11) is 0. The van der Waals surface area contributed by atoms with Crippen LogP contribution in [0, 0.1) is 13.8 Å². The molecule has 0 radical (unpaired) electrons. The predicted octanol–water partition coefficient (Wildman–Crippen LogP) is 5.68. The molecule has 1 heterocycles. The summed E-state index contributed by atoms with van der Waals surface area (Å²) in [6.07, 6.45) is 0. The lowest BCUT2D eigenvalue weighted by atomic mass is 10.1. The molecule has 22 heavy (non-hydrogen) atoms. The maximum atomic E-state index is 9.86. The molecule has 1 N–H and O–H groups in total. The fourth-order valence-electron chi connectivity index (χ4n) is 2.11. The van der Waals surface area contributed by atoms with E-state index in [0.29, 0.717) is 11.4 Å². The van der Waals surface area contributed by atoms with Crippen molar-refractivity contribution >= 4 is 11.4 Å². The molecule has 0 amide bonds. The number of rotatable bonds is 3. The number of hydrogen-bond donors (Lipinski definition) is 1. The lowest BCUT2D eigenvalue weighted by Crippen LogP contribution is -1.74. The summed E-state index contributed by atoms with van der Waals surface area (Å²) in [5.74, 6) is 0.336. The van der Waals surface area contributed by atoms with Gasteiger partial charge in [0, 0.05) is 11.6 Å². The van der Waals surface area contributed by atoms with E-state index >= 15 is 0 Å². The molecule has 4 heteroatoms. The van der Waals surface area contributed by atoms with Gasteiger partial charge in [0.05, 0.1) is 5.69 Å². The Hall–Kier alpha value is -2.88. The summed E-state index contributed by atoms with van der Waals surface area (Å²) < 4.78 is 5.35. The topological polar surface area (TPSA) is 58.1 Å². The second-order valence-electron chi connectivity index (χ2n) is 5.21. The molecule has 0 atom stereocenters. The molecular weight excluding hydrogens is 276 g/mol. The smallest absolute Gasteiger partial charge is 0.311 e. The Balaban J connectivity index is 1.88. The summed E-state index contributed by atoms with van der Waals surface area (Å²) in [4.78, 5) is 0. The normalized spacial score (nSPS) is 11.2. The highest BCUT2D eigenvalue weighted by molar-refractivity contribution is 5.65. The van der Waals surface area contributed by atoms with Crippen LogP contribution in [0.3, 0.4) is 0 Å². The van der Waals surface area contributed by atoms with E-state index < -0.39 is 0 Å². The Labute approximate surface area is 128 Å². The third-order valence-corrected chi connectivity index (χ3v) is 3.30. The molecule has 0 aliphatic rings. The number of aryl methyl sites for hydroxylation is 2. The fourth-order valence-corrected chi connectivity index (χ4v) is 2.11. The van der Waals surface area contributed by atoms with Crippen molar-refractivity contribution in [3.8, 4) is 17.3 Å². The summed E-state index contributed by atoms with van der Waals surface area (Å²) in [5, 5.41) is 18.0. The van der Waals surface area contributed by atoms with Crippen LogP contribution in [0.2, 0.25) is 0 Å². The number of hydrogen-bond acceptors (Lipinski definition) is 4. The highest BCUT2D eigenvalue weighted by Gasteiger charge is 2.11. The van der Waals surface area contributed by atoms with E-state index in [4.69, 9.17) is 4.42 Å². The number of benzene rings is 2. The van der Waals surface area contributed by atoms with Gasteiger partial charge in [-0.3, -0.25) is 0 Å². The molecule has 0 unspecified atom stereocenters. The summed E-state index contributed by atoms with van der Waals surface area (Å²) >= 11 is 0. The fraction of sp³-hybridized carbons (Fsp3) is 0.111. The van der Waals surface area contributed by atoms with E-state index in [-0.39, 0.29) is 5.95 Å².